The summed E-state index contributed by atoms with van der Waals surface area (Å²) in [6.45, 7) is -0.0576. The summed E-state index contributed by atoms with van der Waals surface area (Å²) in [7, 11) is 0. The number of carboxylic acids is 1. The molecule has 0 radical (unpaired) electrons. The van der Waals surface area contributed by atoms with Gasteiger partial charge in [-0.15, -0.1) is 0 Å². The van der Waals surface area contributed by atoms with E-state index in [-0.39, 0.29) is 6.61 Å². The highest BCUT2D eigenvalue weighted by Gasteiger charge is 1.99. The molecule has 0 saturated carbocycles. The van der Waals surface area contributed by atoms with Crippen LogP contribution in [-0.2, 0) is 4.79 Å². The molecule has 0 fully saturated rings. The molecule has 4 heteroatoms. The van der Waals surface area contributed by atoms with Crippen molar-refractivity contribution in [1.82, 2.24) is 0 Å². The Balaban J connectivity index is 2.86. The molecule has 0 unspecified atom stereocenters. The molecule has 0 heterocycles. The minimum absolute atomic E-state index is 0.0576. The highest BCUT2D eigenvalue weighted by molar-refractivity contribution is 5.85. The van der Waals surface area contributed by atoms with E-state index in [2.05, 4.69) is 0 Å². The van der Waals surface area contributed by atoms with Gasteiger partial charge in [-0.3, -0.25) is 0 Å². The van der Waals surface area contributed by atoms with Gasteiger partial charge in [0.25, 0.3) is 0 Å². The van der Waals surface area contributed by atoms with Gasteiger partial charge in [0, 0.05) is 11.6 Å². The molecular formula is C11H9NO3. The average Bonchev–Trinajstić information content (AvgIpc) is 2.24. The number of nitriles is 1. The molecule has 0 aliphatic carbocycles. The summed E-state index contributed by atoms with van der Waals surface area (Å²) in [5.41, 5.74) is 0.634. The molecule has 76 valence electrons. The minimum Gasteiger partial charge on any atom is -0.478 e. The lowest BCUT2D eigenvalue weighted by atomic mass is 10.2. The van der Waals surface area contributed by atoms with Gasteiger partial charge in [-0.1, -0.05) is 18.2 Å². The van der Waals surface area contributed by atoms with Gasteiger partial charge in [-0.05, 0) is 12.1 Å². The Morgan fingerprint density at radius 2 is 2.27 bits per heavy atom. The fourth-order valence-electron chi connectivity index (χ4n) is 1.02. The Morgan fingerprint density at radius 1 is 1.53 bits per heavy atom. The Hall–Kier alpha value is -2.28. The third kappa shape index (κ3) is 3.53. The zero-order chi connectivity index (χ0) is 11.1. The number of hydrogen-bond acceptors (Lipinski definition) is 3. The van der Waals surface area contributed by atoms with Crippen molar-refractivity contribution in [1.29, 1.82) is 5.26 Å². The van der Waals surface area contributed by atoms with Crippen molar-refractivity contribution in [2.45, 2.75) is 0 Å². The van der Waals surface area contributed by atoms with Crippen molar-refractivity contribution in [2.75, 3.05) is 6.61 Å². The molecule has 0 atom stereocenters. The van der Waals surface area contributed by atoms with Gasteiger partial charge in [0.15, 0.2) is 6.61 Å². The topological polar surface area (TPSA) is 70.3 Å². The maximum Gasteiger partial charge on any atom is 0.328 e. The molecule has 0 bridgehead atoms. The Labute approximate surface area is 87.0 Å². The van der Waals surface area contributed by atoms with Crippen molar-refractivity contribution >= 4 is 12.0 Å². The smallest absolute Gasteiger partial charge is 0.328 e. The lowest BCUT2D eigenvalue weighted by molar-refractivity contribution is -0.131. The molecular weight excluding hydrogens is 194 g/mol. The second kappa shape index (κ2) is 5.45. The lowest BCUT2D eigenvalue weighted by Crippen LogP contribution is -1.95. The van der Waals surface area contributed by atoms with Crippen LogP contribution in [0, 0.1) is 11.3 Å². The van der Waals surface area contributed by atoms with Crippen LogP contribution < -0.4 is 4.74 Å². The number of aliphatic carboxylic acids is 1. The third-order valence-corrected chi connectivity index (χ3v) is 1.62. The van der Waals surface area contributed by atoms with E-state index >= 15 is 0 Å². The minimum atomic E-state index is -1.02. The van der Waals surface area contributed by atoms with Gasteiger partial charge in [0.2, 0.25) is 0 Å². The standard InChI is InChI=1S/C11H9NO3/c12-7-8-15-10-4-2-1-3-9(10)5-6-11(13)14/h1-6H,8H2,(H,13,14). The molecule has 15 heavy (non-hydrogen) atoms. The van der Waals surface area contributed by atoms with Gasteiger partial charge >= 0.3 is 5.97 Å². The number of rotatable bonds is 4. The molecule has 0 aliphatic heterocycles. The monoisotopic (exact) mass is 203 g/mol. The molecule has 0 spiro atoms. The Bertz CT molecular complexity index is 418. The number of nitrogens with zero attached hydrogens (tertiary/aromatic N) is 1. The maximum absolute atomic E-state index is 10.3. The zero-order valence-corrected chi connectivity index (χ0v) is 7.88. The number of hydrogen-bond donors (Lipinski definition) is 1. The summed E-state index contributed by atoms with van der Waals surface area (Å²) in [4.78, 5) is 10.3. The van der Waals surface area contributed by atoms with E-state index in [1.165, 1.54) is 6.08 Å². The predicted molar refractivity (Wildman–Crippen MR) is 54.2 cm³/mol. The van der Waals surface area contributed by atoms with Crippen LogP contribution in [0.2, 0.25) is 0 Å². The molecule has 1 aromatic carbocycles. The van der Waals surface area contributed by atoms with Crippen molar-refractivity contribution < 1.29 is 14.6 Å². The van der Waals surface area contributed by atoms with Gasteiger partial charge in [0.1, 0.15) is 11.8 Å². The van der Waals surface area contributed by atoms with Gasteiger partial charge in [-0.2, -0.15) is 5.26 Å². The van der Waals surface area contributed by atoms with E-state index in [9.17, 15) is 4.79 Å². The Morgan fingerprint density at radius 3 is 2.93 bits per heavy atom. The average molecular weight is 203 g/mol. The van der Waals surface area contributed by atoms with E-state index in [4.69, 9.17) is 15.1 Å². The number of carbonyl (C=O) groups is 1. The van der Waals surface area contributed by atoms with Crippen LogP contribution in [-0.4, -0.2) is 17.7 Å². The van der Waals surface area contributed by atoms with E-state index in [0.29, 0.717) is 11.3 Å². The van der Waals surface area contributed by atoms with Crippen LogP contribution in [0.3, 0.4) is 0 Å². The Kier molecular flexibility index (Phi) is 3.92. The van der Waals surface area contributed by atoms with Gasteiger partial charge in [-0.25, -0.2) is 4.79 Å². The lowest BCUT2D eigenvalue weighted by Gasteiger charge is -2.04. The van der Waals surface area contributed by atoms with E-state index < -0.39 is 5.97 Å². The van der Waals surface area contributed by atoms with E-state index in [0.717, 1.165) is 6.08 Å². The quantitative estimate of drug-likeness (QED) is 0.756. The maximum atomic E-state index is 10.3. The highest BCUT2D eigenvalue weighted by atomic mass is 16.5. The van der Waals surface area contributed by atoms with Crippen molar-refractivity contribution in [3.8, 4) is 11.8 Å². The van der Waals surface area contributed by atoms with Crippen molar-refractivity contribution in [2.24, 2.45) is 0 Å². The second-order valence-corrected chi connectivity index (χ2v) is 2.66. The number of para-hydroxylation sites is 1. The fourth-order valence-corrected chi connectivity index (χ4v) is 1.02. The summed E-state index contributed by atoms with van der Waals surface area (Å²) < 4.78 is 5.11. The number of carboxylic acid groups (broad SMARTS) is 1. The van der Waals surface area contributed by atoms with Crippen LogP contribution in [0.15, 0.2) is 30.3 Å². The third-order valence-electron chi connectivity index (χ3n) is 1.62. The van der Waals surface area contributed by atoms with Crippen LogP contribution in [0.5, 0.6) is 5.75 Å². The second-order valence-electron chi connectivity index (χ2n) is 2.66. The van der Waals surface area contributed by atoms with Gasteiger partial charge in [0.05, 0.1) is 0 Å². The first kappa shape index (κ1) is 10.8. The summed E-state index contributed by atoms with van der Waals surface area (Å²) in [6.07, 6.45) is 2.45. The molecule has 0 amide bonds. The number of ether oxygens (including phenoxy) is 1. The van der Waals surface area contributed by atoms with Crippen LogP contribution in [0.1, 0.15) is 5.56 Å². The van der Waals surface area contributed by atoms with Crippen molar-refractivity contribution in [3.05, 3.63) is 35.9 Å². The summed E-state index contributed by atoms with van der Waals surface area (Å²) >= 11 is 0. The first-order chi connectivity index (χ1) is 7.24. The predicted octanol–water partition coefficient (Wildman–Crippen LogP) is 1.69. The van der Waals surface area contributed by atoms with E-state index in [1.54, 1.807) is 24.3 Å². The molecule has 0 saturated heterocycles. The normalized spacial score (nSPS) is 9.80. The highest BCUT2D eigenvalue weighted by Crippen LogP contribution is 2.19. The first-order valence-electron chi connectivity index (χ1n) is 4.24. The van der Waals surface area contributed by atoms with Crippen LogP contribution in [0.4, 0.5) is 0 Å². The molecule has 0 aliphatic rings. The molecule has 1 aromatic rings. The summed E-state index contributed by atoms with van der Waals surface area (Å²) in [6, 6.07) is 8.76. The molecule has 1 N–H and O–H groups in total. The summed E-state index contributed by atoms with van der Waals surface area (Å²) in [5.74, 6) is -0.526. The molecule has 1 rings (SSSR count). The molecule has 0 aromatic heterocycles. The fraction of sp³-hybridized carbons (Fsp3) is 0.0909. The van der Waals surface area contributed by atoms with Gasteiger partial charge < -0.3 is 9.84 Å². The zero-order valence-electron chi connectivity index (χ0n) is 7.88. The first-order valence-corrected chi connectivity index (χ1v) is 4.24. The largest absolute Gasteiger partial charge is 0.478 e. The summed E-state index contributed by atoms with van der Waals surface area (Å²) in [5, 5.41) is 16.8. The molecule has 4 nitrogen and oxygen atoms in total. The number of benzene rings is 1. The SMILES string of the molecule is N#CCOc1ccccc1C=CC(=O)O. The van der Waals surface area contributed by atoms with E-state index in [1.807, 2.05) is 6.07 Å². The van der Waals surface area contributed by atoms with Crippen LogP contribution in [0.25, 0.3) is 6.08 Å². The van der Waals surface area contributed by atoms with Crippen molar-refractivity contribution in [3.63, 3.8) is 0 Å². The van der Waals surface area contributed by atoms with Crippen LogP contribution >= 0.6 is 0 Å².